The van der Waals surface area contributed by atoms with Crippen molar-refractivity contribution in [2.45, 2.75) is 20.3 Å². The standard InChI is InChI=1S/C14H14O2/c1-10-3-4-12(7-11(10)2)8-13-5-6-14(9-15)16-13/h3-7,9H,8H2,1-2H3. The van der Waals surface area contributed by atoms with E-state index in [0.29, 0.717) is 5.76 Å². The highest BCUT2D eigenvalue weighted by molar-refractivity contribution is 5.70. The van der Waals surface area contributed by atoms with Crippen molar-refractivity contribution < 1.29 is 9.21 Å². The fraction of sp³-hybridized carbons (Fsp3) is 0.214. The summed E-state index contributed by atoms with van der Waals surface area (Å²) in [6.45, 7) is 4.19. The van der Waals surface area contributed by atoms with Crippen LogP contribution in [-0.4, -0.2) is 6.29 Å². The molecule has 0 unspecified atom stereocenters. The van der Waals surface area contributed by atoms with E-state index in [1.165, 1.54) is 16.7 Å². The van der Waals surface area contributed by atoms with Gasteiger partial charge in [0, 0.05) is 6.42 Å². The van der Waals surface area contributed by atoms with Crippen LogP contribution in [0.15, 0.2) is 34.7 Å². The smallest absolute Gasteiger partial charge is 0.185 e. The molecule has 2 aromatic rings. The predicted molar refractivity (Wildman–Crippen MR) is 62.8 cm³/mol. The van der Waals surface area contributed by atoms with E-state index in [9.17, 15) is 4.79 Å². The van der Waals surface area contributed by atoms with Gasteiger partial charge in [0.25, 0.3) is 0 Å². The minimum atomic E-state index is 0.388. The summed E-state index contributed by atoms with van der Waals surface area (Å²) in [5.74, 6) is 1.21. The largest absolute Gasteiger partial charge is 0.458 e. The molecule has 0 aliphatic rings. The molecule has 2 nitrogen and oxygen atoms in total. The van der Waals surface area contributed by atoms with Crippen molar-refractivity contribution >= 4 is 6.29 Å². The molecule has 2 heteroatoms. The van der Waals surface area contributed by atoms with Crippen molar-refractivity contribution in [2.24, 2.45) is 0 Å². The Morgan fingerprint density at radius 2 is 1.94 bits per heavy atom. The third kappa shape index (κ3) is 2.22. The Bertz CT molecular complexity index is 509. The van der Waals surface area contributed by atoms with E-state index in [4.69, 9.17) is 4.42 Å². The lowest BCUT2D eigenvalue weighted by Gasteiger charge is -2.03. The zero-order valence-corrected chi connectivity index (χ0v) is 9.49. The van der Waals surface area contributed by atoms with E-state index >= 15 is 0 Å². The summed E-state index contributed by atoms with van der Waals surface area (Å²) in [5, 5.41) is 0. The van der Waals surface area contributed by atoms with E-state index in [1.54, 1.807) is 6.07 Å². The Morgan fingerprint density at radius 3 is 2.56 bits per heavy atom. The maximum Gasteiger partial charge on any atom is 0.185 e. The fourth-order valence-electron chi connectivity index (χ4n) is 1.67. The first kappa shape index (κ1) is 10.7. The van der Waals surface area contributed by atoms with Crippen LogP contribution in [0.3, 0.4) is 0 Å². The molecule has 0 aliphatic heterocycles. The normalized spacial score (nSPS) is 10.4. The molecule has 0 saturated carbocycles. The third-order valence-corrected chi connectivity index (χ3v) is 2.75. The van der Waals surface area contributed by atoms with Crippen LogP contribution in [-0.2, 0) is 6.42 Å². The molecule has 0 aliphatic carbocycles. The number of aldehydes is 1. The minimum absolute atomic E-state index is 0.388. The van der Waals surface area contributed by atoms with Gasteiger partial charge >= 0.3 is 0 Å². The molecule has 0 fully saturated rings. The summed E-state index contributed by atoms with van der Waals surface area (Å²) >= 11 is 0. The maximum absolute atomic E-state index is 10.5. The first-order valence-corrected chi connectivity index (χ1v) is 5.29. The van der Waals surface area contributed by atoms with Gasteiger partial charge in [-0.1, -0.05) is 18.2 Å². The summed E-state index contributed by atoms with van der Waals surface area (Å²) < 4.78 is 5.34. The van der Waals surface area contributed by atoms with Crippen LogP contribution in [0.4, 0.5) is 0 Å². The van der Waals surface area contributed by atoms with Crippen LogP contribution in [0.2, 0.25) is 0 Å². The molecule has 82 valence electrons. The zero-order valence-electron chi connectivity index (χ0n) is 9.49. The van der Waals surface area contributed by atoms with Gasteiger partial charge in [-0.3, -0.25) is 4.79 Å². The van der Waals surface area contributed by atoms with Crippen LogP contribution in [0.5, 0.6) is 0 Å². The quantitative estimate of drug-likeness (QED) is 0.734. The number of hydrogen-bond donors (Lipinski definition) is 0. The number of carbonyl (C=O) groups is 1. The van der Waals surface area contributed by atoms with Crippen LogP contribution in [0.25, 0.3) is 0 Å². The SMILES string of the molecule is Cc1ccc(Cc2ccc(C=O)o2)cc1C. The Balaban J connectivity index is 2.20. The predicted octanol–water partition coefficient (Wildman–Crippen LogP) is 3.30. The highest BCUT2D eigenvalue weighted by Gasteiger charge is 2.03. The molecule has 0 spiro atoms. The van der Waals surface area contributed by atoms with E-state index < -0.39 is 0 Å². The van der Waals surface area contributed by atoms with Gasteiger partial charge in [-0.2, -0.15) is 0 Å². The highest BCUT2D eigenvalue weighted by atomic mass is 16.3. The molecule has 2 rings (SSSR count). The molecule has 1 aromatic heterocycles. The monoisotopic (exact) mass is 214 g/mol. The number of hydrogen-bond acceptors (Lipinski definition) is 2. The van der Waals surface area contributed by atoms with Crippen molar-refractivity contribution in [3.63, 3.8) is 0 Å². The molecular weight excluding hydrogens is 200 g/mol. The second kappa shape index (κ2) is 4.35. The van der Waals surface area contributed by atoms with Crippen molar-refractivity contribution in [3.05, 3.63) is 58.5 Å². The number of aryl methyl sites for hydroxylation is 2. The second-order valence-corrected chi connectivity index (χ2v) is 4.02. The minimum Gasteiger partial charge on any atom is -0.458 e. The molecule has 0 bridgehead atoms. The molecule has 16 heavy (non-hydrogen) atoms. The molecule has 0 radical (unpaired) electrons. The van der Waals surface area contributed by atoms with Gasteiger partial charge < -0.3 is 4.42 Å². The third-order valence-electron chi connectivity index (χ3n) is 2.75. The van der Waals surface area contributed by atoms with E-state index in [0.717, 1.165) is 18.5 Å². The van der Waals surface area contributed by atoms with Gasteiger partial charge in [-0.25, -0.2) is 0 Å². The second-order valence-electron chi connectivity index (χ2n) is 4.02. The first-order valence-electron chi connectivity index (χ1n) is 5.29. The van der Waals surface area contributed by atoms with Crippen LogP contribution in [0.1, 0.15) is 33.0 Å². The molecule has 1 heterocycles. The first-order chi connectivity index (χ1) is 7.69. The van der Waals surface area contributed by atoms with E-state index in [-0.39, 0.29) is 0 Å². The van der Waals surface area contributed by atoms with Gasteiger partial charge in [0.05, 0.1) is 0 Å². The average Bonchev–Trinajstić information content (AvgIpc) is 2.71. The summed E-state index contributed by atoms with van der Waals surface area (Å²) in [5.41, 5.74) is 3.77. The van der Waals surface area contributed by atoms with Gasteiger partial charge in [-0.05, 0) is 42.7 Å². The lowest BCUT2D eigenvalue weighted by Crippen LogP contribution is -1.88. The summed E-state index contributed by atoms with van der Waals surface area (Å²) in [6, 6.07) is 9.89. The zero-order chi connectivity index (χ0) is 11.5. The molecule has 1 aromatic carbocycles. The van der Waals surface area contributed by atoms with Crippen molar-refractivity contribution in [2.75, 3.05) is 0 Å². The van der Waals surface area contributed by atoms with Gasteiger partial charge in [0.15, 0.2) is 12.0 Å². The highest BCUT2D eigenvalue weighted by Crippen LogP contribution is 2.15. The van der Waals surface area contributed by atoms with Crippen LogP contribution in [0, 0.1) is 13.8 Å². The lowest BCUT2D eigenvalue weighted by molar-refractivity contribution is 0.109. The molecular formula is C14H14O2. The van der Waals surface area contributed by atoms with Gasteiger partial charge in [0.2, 0.25) is 0 Å². The van der Waals surface area contributed by atoms with Gasteiger partial charge in [-0.15, -0.1) is 0 Å². The summed E-state index contributed by atoms with van der Waals surface area (Å²) in [4.78, 5) is 10.5. The number of benzene rings is 1. The Kier molecular flexibility index (Phi) is 2.91. The number of rotatable bonds is 3. The van der Waals surface area contributed by atoms with Crippen LogP contribution < -0.4 is 0 Å². The molecule has 0 N–H and O–H groups in total. The van der Waals surface area contributed by atoms with Gasteiger partial charge in [0.1, 0.15) is 5.76 Å². The number of carbonyl (C=O) groups excluding carboxylic acids is 1. The van der Waals surface area contributed by atoms with Crippen molar-refractivity contribution in [1.82, 2.24) is 0 Å². The Morgan fingerprint density at radius 1 is 1.12 bits per heavy atom. The molecule has 0 atom stereocenters. The summed E-state index contributed by atoms with van der Waals surface area (Å²) in [7, 11) is 0. The summed E-state index contributed by atoms with van der Waals surface area (Å²) in [6.07, 6.45) is 1.46. The Hall–Kier alpha value is -1.83. The van der Waals surface area contributed by atoms with E-state index in [1.807, 2.05) is 6.07 Å². The van der Waals surface area contributed by atoms with E-state index in [2.05, 4.69) is 32.0 Å². The van der Waals surface area contributed by atoms with Crippen LogP contribution >= 0.6 is 0 Å². The topological polar surface area (TPSA) is 30.2 Å². The molecule has 0 saturated heterocycles. The fourth-order valence-corrected chi connectivity index (χ4v) is 1.67. The van der Waals surface area contributed by atoms with Crippen molar-refractivity contribution in [1.29, 1.82) is 0 Å². The maximum atomic E-state index is 10.5. The Labute approximate surface area is 94.9 Å². The average molecular weight is 214 g/mol. The molecule has 0 amide bonds. The lowest BCUT2D eigenvalue weighted by atomic mass is 10.0. The van der Waals surface area contributed by atoms with Crippen molar-refractivity contribution in [3.8, 4) is 0 Å². The number of furan rings is 1.